The number of benzene rings is 2. The number of rotatable bonds is 6. The van der Waals surface area contributed by atoms with Crippen LogP contribution in [-0.2, 0) is 6.54 Å². The minimum absolute atomic E-state index is 0.112. The molecule has 0 aliphatic heterocycles. The van der Waals surface area contributed by atoms with E-state index in [4.69, 9.17) is 5.73 Å². The molecule has 0 spiro atoms. The van der Waals surface area contributed by atoms with Crippen LogP contribution in [0.2, 0.25) is 0 Å². The Morgan fingerprint density at radius 1 is 1.00 bits per heavy atom. The summed E-state index contributed by atoms with van der Waals surface area (Å²) in [6, 6.07) is 14.9. The number of amides is 1. The summed E-state index contributed by atoms with van der Waals surface area (Å²) in [6.07, 6.45) is 0. The van der Waals surface area contributed by atoms with Crippen molar-refractivity contribution in [3.8, 4) is 0 Å². The molecule has 2 aromatic rings. The number of carbonyl (C=O) groups excluding carboxylic acids is 1. The van der Waals surface area contributed by atoms with E-state index in [2.05, 4.69) is 24.1 Å². The fourth-order valence-corrected chi connectivity index (χ4v) is 2.24. The first-order chi connectivity index (χ1) is 10.6. The maximum atomic E-state index is 12.2. The highest BCUT2D eigenvalue weighted by atomic mass is 16.1. The number of anilines is 2. The Bertz CT molecular complexity index is 601. The van der Waals surface area contributed by atoms with Crippen molar-refractivity contribution in [2.75, 3.05) is 24.1 Å². The first-order valence-corrected chi connectivity index (χ1v) is 7.60. The Labute approximate surface area is 131 Å². The zero-order valence-electron chi connectivity index (χ0n) is 13.2. The van der Waals surface area contributed by atoms with Crippen LogP contribution in [0, 0.1) is 0 Å². The third-order valence-electron chi connectivity index (χ3n) is 3.69. The Balaban J connectivity index is 2.00. The Kier molecular flexibility index (Phi) is 5.55. The summed E-state index contributed by atoms with van der Waals surface area (Å²) >= 11 is 0. The van der Waals surface area contributed by atoms with E-state index >= 15 is 0 Å². The molecule has 22 heavy (non-hydrogen) atoms. The molecule has 1 amide bonds. The first-order valence-electron chi connectivity index (χ1n) is 7.60. The van der Waals surface area contributed by atoms with Crippen molar-refractivity contribution in [2.24, 2.45) is 0 Å². The number of nitrogens with two attached hydrogens (primary N) is 1. The van der Waals surface area contributed by atoms with Crippen LogP contribution in [0.4, 0.5) is 11.4 Å². The third-order valence-corrected chi connectivity index (χ3v) is 3.69. The standard InChI is InChI=1S/C18H23N3O/c1-3-21(4-2)13-14-5-7-15(8-6-14)18(22)20-17-11-9-16(19)10-12-17/h5-12H,3-4,13,19H2,1-2H3,(H,20,22). The van der Waals surface area contributed by atoms with Crippen molar-refractivity contribution in [1.82, 2.24) is 4.90 Å². The van der Waals surface area contributed by atoms with Gasteiger partial charge in [-0.1, -0.05) is 26.0 Å². The van der Waals surface area contributed by atoms with Gasteiger partial charge in [0.15, 0.2) is 0 Å². The fourth-order valence-electron chi connectivity index (χ4n) is 2.24. The van der Waals surface area contributed by atoms with Crippen molar-refractivity contribution >= 4 is 17.3 Å². The molecule has 2 rings (SSSR count). The van der Waals surface area contributed by atoms with E-state index in [9.17, 15) is 4.79 Å². The molecule has 0 atom stereocenters. The predicted octanol–water partition coefficient (Wildman–Crippen LogP) is 3.36. The molecule has 0 saturated heterocycles. The van der Waals surface area contributed by atoms with Crippen molar-refractivity contribution in [2.45, 2.75) is 20.4 Å². The molecule has 0 saturated carbocycles. The van der Waals surface area contributed by atoms with Crippen LogP contribution in [0.25, 0.3) is 0 Å². The van der Waals surface area contributed by atoms with Gasteiger partial charge in [-0.15, -0.1) is 0 Å². The SMILES string of the molecule is CCN(CC)Cc1ccc(C(=O)Nc2ccc(N)cc2)cc1. The van der Waals surface area contributed by atoms with E-state index in [-0.39, 0.29) is 5.91 Å². The van der Waals surface area contributed by atoms with Gasteiger partial charge in [-0.2, -0.15) is 0 Å². The lowest BCUT2D eigenvalue weighted by molar-refractivity contribution is 0.102. The number of hydrogen-bond donors (Lipinski definition) is 2. The lowest BCUT2D eigenvalue weighted by Gasteiger charge is -2.18. The first kappa shape index (κ1) is 16.0. The number of nitrogens with one attached hydrogen (secondary N) is 1. The van der Waals surface area contributed by atoms with Gasteiger partial charge in [-0.25, -0.2) is 0 Å². The molecular formula is C18H23N3O. The molecule has 3 N–H and O–H groups in total. The van der Waals surface area contributed by atoms with Crippen LogP contribution in [0.5, 0.6) is 0 Å². The third kappa shape index (κ3) is 4.33. The Hall–Kier alpha value is -2.33. The molecule has 2 aromatic carbocycles. The van der Waals surface area contributed by atoms with E-state index in [1.807, 2.05) is 24.3 Å². The average Bonchev–Trinajstić information content (AvgIpc) is 2.55. The lowest BCUT2D eigenvalue weighted by Crippen LogP contribution is -2.22. The second-order valence-corrected chi connectivity index (χ2v) is 5.23. The maximum Gasteiger partial charge on any atom is 0.255 e. The van der Waals surface area contributed by atoms with Gasteiger partial charge in [-0.05, 0) is 55.1 Å². The van der Waals surface area contributed by atoms with Crippen LogP contribution < -0.4 is 11.1 Å². The summed E-state index contributed by atoms with van der Waals surface area (Å²) < 4.78 is 0. The highest BCUT2D eigenvalue weighted by Gasteiger charge is 2.07. The predicted molar refractivity (Wildman–Crippen MR) is 91.9 cm³/mol. The lowest BCUT2D eigenvalue weighted by atomic mass is 10.1. The van der Waals surface area contributed by atoms with Gasteiger partial charge in [0.1, 0.15) is 0 Å². The molecule has 4 nitrogen and oxygen atoms in total. The zero-order chi connectivity index (χ0) is 15.9. The molecule has 0 unspecified atom stereocenters. The largest absolute Gasteiger partial charge is 0.399 e. The number of nitrogens with zero attached hydrogens (tertiary/aromatic N) is 1. The summed E-state index contributed by atoms with van der Waals surface area (Å²) in [5.41, 5.74) is 8.92. The normalized spacial score (nSPS) is 10.7. The van der Waals surface area contributed by atoms with E-state index in [1.165, 1.54) is 5.56 Å². The fraction of sp³-hybridized carbons (Fsp3) is 0.278. The van der Waals surface area contributed by atoms with Gasteiger partial charge in [0.25, 0.3) is 5.91 Å². The monoisotopic (exact) mass is 297 g/mol. The second-order valence-electron chi connectivity index (χ2n) is 5.23. The van der Waals surface area contributed by atoms with Gasteiger partial charge in [0.05, 0.1) is 0 Å². The summed E-state index contributed by atoms with van der Waals surface area (Å²) in [6.45, 7) is 7.26. The minimum atomic E-state index is -0.112. The van der Waals surface area contributed by atoms with E-state index in [0.717, 1.165) is 25.3 Å². The maximum absolute atomic E-state index is 12.2. The van der Waals surface area contributed by atoms with Crippen LogP contribution >= 0.6 is 0 Å². The molecule has 4 heteroatoms. The van der Waals surface area contributed by atoms with Gasteiger partial charge in [0.2, 0.25) is 0 Å². The summed E-state index contributed by atoms with van der Waals surface area (Å²) in [7, 11) is 0. The Morgan fingerprint density at radius 2 is 1.59 bits per heavy atom. The van der Waals surface area contributed by atoms with Gasteiger partial charge in [-0.3, -0.25) is 9.69 Å². The zero-order valence-corrected chi connectivity index (χ0v) is 13.2. The number of carbonyl (C=O) groups is 1. The molecule has 116 valence electrons. The highest BCUT2D eigenvalue weighted by Crippen LogP contribution is 2.13. The molecule has 0 fully saturated rings. The Morgan fingerprint density at radius 3 is 2.14 bits per heavy atom. The van der Waals surface area contributed by atoms with Crippen LogP contribution in [0.15, 0.2) is 48.5 Å². The molecule has 0 radical (unpaired) electrons. The quantitative estimate of drug-likeness (QED) is 0.804. The van der Waals surface area contributed by atoms with Crippen LogP contribution in [0.3, 0.4) is 0 Å². The van der Waals surface area contributed by atoms with Crippen LogP contribution in [-0.4, -0.2) is 23.9 Å². The molecule has 0 aliphatic rings. The molecule has 0 bridgehead atoms. The van der Waals surface area contributed by atoms with E-state index in [0.29, 0.717) is 11.3 Å². The summed E-state index contributed by atoms with van der Waals surface area (Å²) in [4.78, 5) is 14.5. The van der Waals surface area contributed by atoms with Crippen molar-refractivity contribution in [3.63, 3.8) is 0 Å². The molecular weight excluding hydrogens is 274 g/mol. The van der Waals surface area contributed by atoms with Crippen LogP contribution in [0.1, 0.15) is 29.8 Å². The number of nitrogen functional groups attached to an aromatic ring is 1. The second kappa shape index (κ2) is 7.61. The molecule has 0 heterocycles. The van der Waals surface area contributed by atoms with E-state index < -0.39 is 0 Å². The molecule has 0 aliphatic carbocycles. The van der Waals surface area contributed by atoms with Crippen molar-refractivity contribution < 1.29 is 4.79 Å². The van der Waals surface area contributed by atoms with Crippen molar-refractivity contribution in [3.05, 3.63) is 59.7 Å². The number of hydrogen-bond acceptors (Lipinski definition) is 3. The average molecular weight is 297 g/mol. The highest BCUT2D eigenvalue weighted by molar-refractivity contribution is 6.04. The summed E-state index contributed by atoms with van der Waals surface area (Å²) in [5, 5.41) is 2.86. The summed E-state index contributed by atoms with van der Waals surface area (Å²) in [5.74, 6) is -0.112. The smallest absolute Gasteiger partial charge is 0.255 e. The van der Waals surface area contributed by atoms with Gasteiger partial charge in [0, 0.05) is 23.5 Å². The minimum Gasteiger partial charge on any atom is -0.399 e. The molecule has 0 aromatic heterocycles. The van der Waals surface area contributed by atoms with Gasteiger partial charge < -0.3 is 11.1 Å². The topological polar surface area (TPSA) is 58.4 Å². The van der Waals surface area contributed by atoms with Crippen molar-refractivity contribution in [1.29, 1.82) is 0 Å². The van der Waals surface area contributed by atoms with E-state index in [1.54, 1.807) is 24.3 Å². The van der Waals surface area contributed by atoms with Gasteiger partial charge >= 0.3 is 0 Å².